The van der Waals surface area contributed by atoms with Gasteiger partial charge in [0.05, 0.1) is 5.92 Å². The summed E-state index contributed by atoms with van der Waals surface area (Å²) in [6.07, 6.45) is 0.836. The normalized spacial score (nSPS) is 19.8. The van der Waals surface area contributed by atoms with Gasteiger partial charge < -0.3 is 11.1 Å². The third-order valence-electron chi connectivity index (χ3n) is 2.44. The standard InChI is InChI=1S/C10H12N2O/c1-2-7-8-4-3-6(11)5-9(8)12-10(7)13/h3-5,7H,2,11H2,1H3,(H,12,13)/t7-/m1/s1. The van der Waals surface area contributed by atoms with E-state index in [0.29, 0.717) is 5.69 Å². The molecular weight excluding hydrogens is 164 g/mol. The quantitative estimate of drug-likeness (QED) is 0.640. The molecule has 2 rings (SSSR count). The molecule has 0 saturated carbocycles. The van der Waals surface area contributed by atoms with E-state index in [-0.39, 0.29) is 11.8 Å². The van der Waals surface area contributed by atoms with Gasteiger partial charge in [-0.1, -0.05) is 13.0 Å². The van der Waals surface area contributed by atoms with Crippen LogP contribution in [0.2, 0.25) is 0 Å². The molecule has 68 valence electrons. The molecule has 0 saturated heterocycles. The summed E-state index contributed by atoms with van der Waals surface area (Å²) >= 11 is 0. The maximum absolute atomic E-state index is 11.4. The topological polar surface area (TPSA) is 55.1 Å². The highest BCUT2D eigenvalue weighted by atomic mass is 16.2. The van der Waals surface area contributed by atoms with Gasteiger partial charge in [-0.3, -0.25) is 4.79 Å². The maximum Gasteiger partial charge on any atom is 0.231 e. The van der Waals surface area contributed by atoms with Gasteiger partial charge >= 0.3 is 0 Å². The summed E-state index contributed by atoms with van der Waals surface area (Å²) in [6, 6.07) is 5.57. The Morgan fingerprint density at radius 2 is 2.31 bits per heavy atom. The van der Waals surface area contributed by atoms with Gasteiger partial charge in [-0.25, -0.2) is 0 Å². The number of rotatable bonds is 1. The minimum absolute atomic E-state index is 0.00981. The first kappa shape index (κ1) is 8.10. The lowest BCUT2D eigenvalue weighted by Crippen LogP contribution is -2.10. The summed E-state index contributed by atoms with van der Waals surface area (Å²) in [5, 5.41) is 2.82. The Morgan fingerprint density at radius 1 is 1.54 bits per heavy atom. The molecule has 0 aromatic heterocycles. The highest BCUT2D eigenvalue weighted by Crippen LogP contribution is 2.35. The lowest BCUT2D eigenvalue weighted by molar-refractivity contribution is -0.117. The largest absolute Gasteiger partial charge is 0.399 e. The lowest BCUT2D eigenvalue weighted by Gasteiger charge is -2.03. The van der Waals surface area contributed by atoms with E-state index in [0.717, 1.165) is 17.7 Å². The Morgan fingerprint density at radius 3 is 3.00 bits per heavy atom. The van der Waals surface area contributed by atoms with E-state index in [1.807, 2.05) is 25.1 Å². The van der Waals surface area contributed by atoms with Gasteiger partial charge in [-0.2, -0.15) is 0 Å². The van der Waals surface area contributed by atoms with Crippen molar-refractivity contribution in [3.63, 3.8) is 0 Å². The van der Waals surface area contributed by atoms with Gasteiger partial charge in [0.1, 0.15) is 0 Å². The minimum atomic E-state index is 0.00981. The highest BCUT2D eigenvalue weighted by molar-refractivity contribution is 6.03. The average Bonchev–Trinajstić information content (AvgIpc) is 2.39. The number of nitrogen functional groups attached to an aromatic ring is 1. The molecule has 0 unspecified atom stereocenters. The number of hydrogen-bond donors (Lipinski definition) is 2. The Balaban J connectivity index is 2.48. The van der Waals surface area contributed by atoms with Crippen molar-refractivity contribution in [2.24, 2.45) is 0 Å². The predicted molar refractivity (Wildman–Crippen MR) is 52.5 cm³/mol. The Kier molecular flexibility index (Phi) is 1.72. The van der Waals surface area contributed by atoms with Crippen LogP contribution in [-0.4, -0.2) is 5.91 Å². The van der Waals surface area contributed by atoms with Crippen LogP contribution >= 0.6 is 0 Å². The number of carbonyl (C=O) groups excluding carboxylic acids is 1. The van der Waals surface area contributed by atoms with E-state index in [4.69, 9.17) is 5.73 Å². The molecule has 13 heavy (non-hydrogen) atoms. The van der Waals surface area contributed by atoms with Crippen LogP contribution in [0.4, 0.5) is 11.4 Å². The summed E-state index contributed by atoms with van der Waals surface area (Å²) in [7, 11) is 0. The maximum atomic E-state index is 11.4. The lowest BCUT2D eigenvalue weighted by atomic mass is 9.98. The zero-order valence-corrected chi connectivity index (χ0v) is 7.50. The Labute approximate surface area is 76.9 Å². The molecule has 1 aromatic rings. The van der Waals surface area contributed by atoms with Gasteiger partial charge in [-0.05, 0) is 24.1 Å². The molecule has 0 radical (unpaired) electrons. The van der Waals surface area contributed by atoms with Gasteiger partial charge in [0, 0.05) is 11.4 Å². The van der Waals surface area contributed by atoms with E-state index >= 15 is 0 Å². The monoisotopic (exact) mass is 176 g/mol. The molecule has 1 aliphatic rings. The molecule has 1 aliphatic heterocycles. The first-order valence-electron chi connectivity index (χ1n) is 4.42. The third-order valence-corrected chi connectivity index (χ3v) is 2.44. The van der Waals surface area contributed by atoms with Gasteiger partial charge in [0.2, 0.25) is 5.91 Å². The van der Waals surface area contributed by atoms with Crippen LogP contribution in [0.1, 0.15) is 24.8 Å². The second-order valence-electron chi connectivity index (χ2n) is 3.30. The molecule has 1 amide bonds. The molecule has 3 heteroatoms. The van der Waals surface area contributed by atoms with E-state index in [1.54, 1.807) is 0 Å². The average molecular weight is 176 g/mol. The smallest absolute Gasteiger partial charge is 0.231 e. The molecule has 0 bridgehead atoms. The first-order chi connectivity index (χ1) is 6.22. The van der Waals surface area contributed by atoms with E-state index in [2.05, 4.69) is 5.32 Å². The van der Waals surface area contributed by atoms with Crippen LogP contribution in [0.3, 0.4) is 0 Å². The van der Waals surface area contributed by atoms with Crippen molar-refractivity contribution in [3.8, 4) is 0 Å². The van der Waals surface area contributed by atoms with Crippen molar-refractivity contribution in [3.05, 3.63) is 23.8 Å². The number of anilines is 2. The SMILES string of the molecule is CC[C@H]1C(=O)Nc2cc(N)ccc21. The number of nitrogens with two attached hydrogens (primary N) is 1. The number of fused-ring (bicyclic) bond motifs is 1. The number of nitrogens with one attached hydrogen (secondary N) is 1. The second-order valence-corrected chi connectivity index (χ2v) is 3.30. The summed E-state index contributed by atoms with van der Waals surface area (Å²) in [5.41, 5.74) is 8.25. The van der Waals surface area contributed by atoms with Crippen molar-refractivity contribution in [1.82, 2.24) is 0 Å². The van der Waals surface area contributed by atoms with Crippen molar-refractivity contribution >= 4 is 17.3 Å². The highest BCUT2D eigenvalue weighted by Gasteiger charge is 2.28. The Bertz CT molecular complexity index is 360. The van der Waals surface area contributed by atoms with E-state index in [1.165, 1.54) is 0 Å². The molecule has 0 spiro atoms. The van der Waals surface area contributed by atoms with Crippen molar-refractivity contribution in [1.29, 1.82) is 0 Å². The second kappa shape index (κ2) is 2.76. The molecule has 1 heterocycles. The summed E-state index contributed by atoms with van der Waals surface area (Å²) in [4.78, 5) is 11.4. The van der Waals surface area contributed by atoms with Crippen LogP contribution in [0.25, 0.3) is 0 Å². The Hall–Kier alpha value is -1.51. The van der Waals surface area contributed by atoms with E-state index in [9.17, 15) is 4.79 Å². The van der Waals surface area contributed by atoms with Crippen LogP contribution in [0.15, 0.2) is 18.2 Å². The van der Waals surface area contributed by atoms with Gasteiger partial charge in [0.15, 0.2) is 0 Å². The third kappa shape index (κ3) is 1.16. The summed E-state index contributed by atoms with van der Waals surface area (Å²) in [5.74, 6) is 0.0960. The fourth-order valence-corrected chi connectivity index (χ4v) is 1.75. The summed E-state index contributed by atoms with van der Waals surface area (Å²) in [6.45, 7) is 2.01. The molecule has 0 fully saturated rings. The summed E-state index contributed by atoms with van der Waals surface area (Å²) < 4.78 is 0. The van der Waals surface area contributed by atoms with Crippen LogP contribution in [-0.2, 0) is 4.79 Å². The molecule has 1 aromatic carbocycles. The zero-order chi connectivity index (χ0) is 9.42. The minimum Gasteiger partial charge on any atom is -0.399 e. The number of benzene rings is 1. The first-order valence-corrected chi connectivity index (χ1v) is 4.42. The number of hydrogen-bond acceptors (Lipinski definition) is 2. The molecular formula is C10H12N2O. The van der Waals surface area contributed by atoms with Crippen LogP contribution < -0.4 is 11.1 Å². The number of amides is 1. The molecule has 3 N–H and O–H groups in total. The van der Waals surface area contributed by atoms with Crippen molar-refractivity contribution in [2.45, 2.75) is 19.3 Å². The molecule has 1 atom stereocenters. The zero-order valence-electron chi connectivity index (χ0n) is 7.50. The number of carbonyl (C=O) groups is 1. The fraction of sp³-hybridized carbons (Fsp3) is 0.300. The predicted octanol–water partition coefficient (Wildman–Crippen LogP) is 1.71. The molecule has 0 aliphatic carbocycles. The van der Waals surface area contributed by atoms with Crippen molar-refractivity contribution < 1.29 is 4.79 Å². The fourth-order valence-electron chi connectivity index (χ4n) is 1.75. The van der Waals surface area contributed by atoms with Crippen molar-refractivity contribution in [2.75, 3.05) is 11.1 Å². The van der Waals surface area contributed by atoms with E-state index < -0.39 is 0 Å². The molecule has 3 nitrogen and oxygen atoms in total. The van der Waals surface area contributed by atoms with Gasteiger partial charge in [-0.15, -0.1) is 0 Å². The van der Waals surface area contributed by atoms with Gasteiger partial charge in [0.25, 0.3) is 0 Å². The van der Waals surface area contributed by atoms with Crippen LogP contribution in [0, 0.1) is 0 Å². The van der Waals surface area contributed by atoms with Crippen LogP contribution in [0.5, 0.6) is 0 Å².